The maximum Gasteiger partial charge on any atom is 0.225 e. The third-order valence-electron chi connectivity index (χ3n) is 2.91. The van der Waals surface area contributed by atoms with Gasteiger partial charge in [-0.2, -0.15) is 5.26 Å². The topological polar surface area (TPSA) is 78.9 Å². The SMILES string of the molecule is Cc1cccc(SCCC(=O)Nc2sccc2C#N)c1N. The van der Waals surface area contributed by atoms with E-state index >= 15 is 0 Å². The Bertz CT molecular complexity index is 688. The zero-order valence-electron chi connectivity index (χ0n) is 11.6. The molecule has 4 nitrogen and oxygen atoms in total. The van der Waals surface area contributed by atoms with Crippen LogP contribution in [0.15, 0.2) is 34.5 Å². The number of nitrogens with one attached hydrogen (secondary N) is 1. The van der Waals surface area contributed by atoms with Crippen molar-refractivity contribution < 1.29 is 4.79 Å². The Kier molecular flexibility index (Phi) is 5.26. The number of hydrogen-bond donors (Lipinski definition) is 2. The second-order valence-corrected chi connectivity index (χ2v) is 6.46. The number of thiophene rings is 1. The maximum atomic E-state index is 11.9. The average Bonchev–Trinajstić information content (AvgIpc) is 2.90. The number of carbonyl (C=O) groups excluding carboxylic acids is 1. The summed E-state index contributed by atoms with van der Waals surface area (Å²) in [4.78, 5) is 12.9. The van der Waals surface area contributed by atoms with Crippen LogP contribution in [0.3, 0.4) is 0 Å². The van der Waals surface area contributed by atoms with Crippen LogP contribution in [0.25, 0.3) is 0 Å². The van der Waals surface area contributed by atoms with E-state index in [1.54, 1.807) is 23.2 Å². The monoisotopic (exact) mass is 317 g/mol. The molecule has 0 fully saturated rings. The van der Waals surface area contributed by atoms with Crippen molar-refractivity contribution in [3.63, 3.8) is 0 Å². The molecule has 0 saturated heterocycles. The molecule has 6 heteroatoms. The Morgan fingerprint density at radius 2 is 2.29 bits per heavy atom. The number of aryl methyl sites for hydroxylation is 1. The normalized spacial score (nSPS) is 10.1. The Labute approximate surface area is 132 Å². The number of nitrogens with zero attached hydrogens (tertiary/aromatic N) is 1. The van der Waals surface area contributed by atoms with Gasteiger partial charge in [-0.25, -0.2) is 0 Å². The van der Waals surface area contributed by atoms with Gasteiger partial charge in [-0.15, -0.1) is 23.1 Å². The van der Waals surface area contributed by atoms with Crippen molar-refractivity contribution in [3.8, 4) is 6.07 Å². The first-order valence-corrected chi connectivity index (χ1v) is 8.23. The highest BCUT2D eigenvalue weighted by Gasteiger charge is 2.09. The molecule has 21 heavy (non-hydrogen) atoms. The van der Waals surface area contributed by atoms with Crippen molar-refractivity contribution in [2.45, 2.75) is 18.2 Å². The van der Waals surface area contributed by atoms with E-state index in [4.69, 9.17) is 11.0 Å². The van der Waals surface area contributed by atoms with Crippen molar-refractivity contribution >= 4 is 39.7 Å². The van der Waals surface area contributed by atoms with Crippen LogP contribution in [0.1, 0.15) is 17.5 Å². The third-order valence-corrected chi connectivity index (χ3v) is 4.81. The molecule has 108 valence electrons. The maximum absolute atomic E-state index is 11.9. The minimum absolute atomic E-state index is 0.0901. The van der Waals surface area contributed by atoms with E-state index < -0.39 is 0 Å². The van der Waals surface area contributed by atoms with Crippen LogP contribution in [0.5, 0.6) is 0 Å². The first kappa shape index (κ1) is 15.4. The van der Waals surface area contributed by atoms with E-state index in [1.807, 2.05) is 25.1 Å². The number of benzene rings is 1. The molecule has 0 radical (unpaired) electrons. The predicted octanol–water partition coefficient (Wildman–Crippen LogP) is 3.63. The number of rotatable bonds is 5. The molecular formula is C15H15N3OS2. The van der Waals surface area contributed by atoms with Crippen molar-refractivity contribution in [1.82, 2.24) is 0 Å². The van der Waals surface area contributed by atoms with E-state index in [0.29, 0.717) is 22.7 Å². The molecule has 3 N–H and O–H groups in total. The lowest BCUT2D eigenvalue weighted by molar-refractivity contribution is -0.115. The van der Waals surface area contributed by atoms with Gasteiger partial charge in [0.1, 0.15) is 11.1 Å². The molecule has 2 rings (SSSR count). The van der Waals surface area contributed by atoms with Gasteiger partial charge in [-0.3, -0.25) is 4.79 Å². The van der Waals surface area contributed by atoms with Gasteiger partial charge in [0, 0.05) is 22.8 Å². The minimum Gasteiger partial charge on any atom is -0.398 e. The number of nitriles is 1. The van der Waals surface area contributed by atoms with Crippen LogP contribution >= 0.6 is 23.1 Å². The summed E-state index contributed by atoms with van der Waals surface area (Å²) >= 11 is 2.92. The minimum atomic E-state index is -0.0901. The van der Waals surface area contributed by atoms with Gasteiger partial charge in [0.05, 0.1) is 5.56 Å². The number of amides is 1. The highest BCUT2D eigenvalue weighted by Crippen LogP contribution is 2.28. The summed E-state index contributed by atoms with van der Waals surface area (Å²) in [5.41, 5.74) is 8.31. The molecule has 1 amide bonds. The van der Waals surface area contributed by atoms with Crippen LogP contribution in [0.4, 0.5) is 10.7 Å². The molecule has 0 saturated carbocycles. The van der Waals surface area contributed by atoms with E-state index in [1.165, 1.54) is 11.3 Å². The molecule has 0 bridgehead atoms. The summed E-state index contributed by atoms with van der Waals surface area (Å²) in [6.45, 7) is 1.96. The lowest BCUT2D eigenvalue weighted by Gasteiger charge is -2.07. The van der Waals surface area contributed by atoms with Crippen molar-refractivity contribution in [1.29, 1.82) is 5.26 Å². The number of nitrogens with two attached hydrogens (primary N) is 1. The second kappa shape index (κ2) is 7.16. The highest BCUT2D eigenvalue weighted by atomic mass is 32.2. The summed E-state index contributed by atoms with van der Waals surface area (Å²) < 4.78 is 0. The fourth-order valence-electron chi connectivity index (χ4n) is 1.72. The fourth-order valence-corrected chi connectivity index (χ4v) is 3.47. The van der Waals surface area contributed by atoms with E-state index in [-0.39, 0.29) is 5.91 Å². The van der Waals surface area contributed by atoms with Crippen LogP contribution in [0.2, 0.25) is 0 Å². The molecule has 1 aromatic heterocycles. The summed E-state index contributed by atoms with van der Waals surface area (Å²) in [5.74, 6) is 0.555. The number of hydrogen-bond acceptors (Lipinski definition) is 5. The molecule has 1 heterocycles. The van der Waals surface area contributed by atoms with Gasteiger partial charge < -0.3 is 11.1 Å². The Morgan fingerprint density at radius 1 is 1.48 bits per heavy atom. The number of anilines is 2. The van der Waals surface area contributed by atoms with Crippen LogP contribution in [-0.4, -0.2) is 11.7 Å². The van der Waals surface area contributed by atoms with Crippen LogP contribution < -0.4 is 11.1 Å². The van der Waals surface area contributed by atoms with Crippen molar-refractivity contribution in [3.05, 3.63) is 40.8 Å². The first-order chi connectivity index (χ1) is 10.1. The Morgan fingerprint density at radius 3 is 3.05 bits per heavy atom. The molecule has 0 aliphatic rings. The molecule has 0 spiro atoms. The number of carbonyl (C=O) groups is 1. The van der Waals surface area contributed by atoms with Gasteiger partial charge in [0.15, 0.2) is 0 Å². The van der Waals surface area contributed by atoms with Gasteiger partial charge in [0.2, 0.25) is 5.91 Å². The fraction of sp³-hybridized carbons (Fsp3) is 0.200. The quantitative estimate of drug-likeness (QED) is 0.652. The molecule has 0 atom stereocenters. The molecule has 1 aromatic carbocycles. The number of nitrogen functional groups attached to an aromatic ring is 1. The van der Waals surface area contributed by atoms with Crippen LogP contribution in [0, 0.1) is 18.3 Å². The standard InChI is InChI=1S/C15H15N3OS2/c1-10-3-2-4-12(14(10)17)20-8-6-13(19)18-15-11(9-16)5-7-21-15/h2-5,7H,6,8,17H2,1H3,(H,18,19). The molecule has 0 unspecified atom stereocenters. The summed E-state index contributed by atoms with van der Waals surface area (Å²) in [6, 6.07) is 9.63. The number of para-hydroxylation sites is 1. The van der Waals surface area contributed by atoms with E-state index in [0.717, 1.165) is 16.1 Å². The van der Waals surface area contributed by atoms with Gasteiger partial charge >= 0.3 is 0 Å². The predicted molar refractivity (Wildman–Crippen MR) is 88.6 cm³/mol. The summed E-state index contributed by atoms with van der Waals surface area (Å²) in [7, 11) is 0. The Balaban J connectivity index is 1.85. The van der Waals surface area contributed by atoms with Crippen molar-refractivity contribution in [2.24, 2.45) is 0 Å². The lowest BCUT2D eigenvalue weighted by atomic mass is 10.2. The molecule has 2 aromatic rings. The zero-order valence-corrected chi connectivity index (χ0v) is 13.2. The largest absolute Gasteiger partial charge is 0.398 e. The Hall–Kier alpha value is -1.97. The smallest absolute Gasteiger partial charge is 0.225 e. The zero-order chi connectivity index (χ0) is 15.2. The van der Waals surface area contributed by atoms with Gasteiger partial charge in [-0.1, -0.05) is 12.1 Å². The summed E-state index contributed by atoms with van der Waals surface area (Å²) in [6.07, 6.45) is 0.376. The highest BCUT2D eigenvalue weighted by molar-refractivity contribution is 7.99. The molecule has 0 aliphatic heterocycles. The van der Waals surface area contributed by atoms with Gasteiger partial charge in [0.25, 0.3) is 0 Å². The first-order valence-electron chi connectivity index (χ1n) is 6.37. The lowest BCUT2D eigenvalue weighted by Crippen LogP contribution is -2.12. The van der Waals surface area contributed by atoms with Crippen molar-refractivity contribution in [2.75, 3.05) is 16.8 Å². The van der Waals surface area contributed by atoms with Gasteiger partial charge in [-0.05, 0) is 30.0 Å². The van der Waals surface area contributed by atoms with Crippen LogP contribution in [-0.2, 0) is 4.79 Å². The van der Waals surface area contributed by atoms with E-state index in [9.17, 15) is 4.79 Å². The second-order valence-electron chi connectivity index (χ2n) is 4.41. The third kappa shape index (κ3) is 4.00. The number of thioether (sulfide) groups is 1. The molecule has 0 aliphatic carbocycles. The average molecular weight is 317 g/mol. The summed E-state index contributed by atoms with van der Waals surface area (Å²) in [5, 5.41) is 14.1. The van der Waals surface area contributed by atoms with E-state index in [2.05, 4.69) is 11.4 Å². The molecular weight excluding hydrogens is 302 g/mol.